The van der Waals surface area contributed by atoms with Crippen molar-refractivity contribution in [3.05, 3.63) is 59.8 Å². The van der Waals surface area contributed by atoms with Crippen molar-refractivity contribution in [1.29, 1.82) is 0 Å². The zero-order valence-electron chi connectivity index (χ0n) is 14.9. The van der Waals surface area contributed by atoms with E-state index in [0.29, 0.717) is 24.4 Å². The fourth-order valence-electron chi connectivity index (χ4n) is 3.26. The van der Waals surface area contributed by atoms with Crippen LogP contribution in [0.3, 0.4) is 0 Å². The summed E-state index contributed by atoms with van der Waals surface area (Å²) in [5, 5.41) is 8.63. The molecule has 3 aromatic heterocycles. The predicted molar refractivity (Wildman–Crippen MR) is 97.7 cm³/mol. The lowest BCUT2D eigenvalue weighted by Crippen LogP contribution is -2.49. The van der Waals surface area contributed by atoms with Gasteiger partial charge in [0.05, 0.1) is 5.56 Å². The molecule has 0 bridgehead atoms. The number of amides is 1. The fraction of sp³-hybridized carbons (Fsp3) is 0.316. The highest BCUT2D eigenvalue weighted by Crippen LogP contribution is 2.19. The third-order valence-corrected chi connectivity index (χ3v) is 4.67. The number of aromatic nitrogens is 3. The molecule has 4 heterocycles. The molecule has 0 aliphatic carbocycles. The van der Waals surface area contributed by atoms with Gasteiger partial charge in [-0.05, 0) is 44.2 Å². The number of aryl methyl sites for hydroxylation is 2. The van der Waals surface area contributed by atoms with Crippen molar-refractivity contribution in [2.24, 2.45) is 0 Å². The first-order valence-electron chi connectivity index (χ1n) is 8.70. The van der Waals surface area contributed by atoms with Crippen LogP contribution < -0.4 is 4.90 Å². The third kappa shape index (κ3) is 3.08. The molecule has 0 atom stereocenters. The molecule has 4 rings (SSSR count). The van der Waals surface area contributed by atoms with E-state index in [-0.39, 0.29) is 5.91 Å². The molecule has 0 N–H and O–H groups in total. The van der Waals surface area contributed by atoms with Gasteiger partial charge < -0.3 is 18.8 Å². The van der Waals surface area contributed by atoms with E-state index in [9.17, 15) is 4.79 Å². The summed E-state index contributed by atoms with van der Waals surface area (Å²) in [6, 6.07) is 9.65. The second-order valence-corrected chi connectivity index (χ2v) is 6.45. The first-order valence-corrected chi connectivity index (χ1v) is 8.70. The van der Waals surface area contributed by atoms with Gasteiger partial charge in [-0.2, -0.15) is 0 Å². The number of hydrogen-bond donors (Lipinski definition) is 0. The van der Waals surface area contributed by atoms with Gasteiger partial charge in [-0.3, -0.25) is 4.79 Å². The van der Waals surface area contributed by atoms with E-state index in [4.69, 9.17) is 4.42 Å². The minimum Gasteiger partial charge on any atom is -0.466 e. The topological polar surface area (TPSA) is 67.4 Å². The summed E-state index contributed by atoms with van der Waals surface area (Å²) in [4.78, 5) is 16.7. The number of furan rings is 1. The van der Waals surface area contributed by atoms with Crippen LogP contribution in [0.4, 0.5) is 5.82 Å². The first-order chi connectivity index (χ1) is 12.6. The molecular weight excluding hydrogens is 330 g/mol. The van der Waals surface area contributed by atoms with Crippen LogP contribution in [0.5, 0.6) is 0 Å². The molecule has 134 valence electrons. The largest absolute Gasteiger partial charge is 0.466 e. The molecule has 0 unspecified atom stereocenters. The molecular formula is C19H21N5O2. The average Bonchev–Trinajstić information content (AvgIpc) is 3.31. The molecule has 1 aliphatic rings. The second kappa shape index (κ2) is 6.67. The summed E-state index contributed by atoms with van der Waals surface area (Å²) in [6.07, 6.45) is 3.88. The Morgan fingerprint density at radius 1 is 1.00 bits per heavy atom. The highest BCUT2D eigenvalue weighted by molar-refractivity contribution is 5.95. The van der Waals surface area contributed by atoms with Gasteiger partial charge >= 0.3 is 0 Å². The third-order valence-electron chi connectivity index (χ3n) is 4.67. The maximum absolute atomic E-state index is 12.7. The summed E-state index contributed by atoms with van der Waals surface area (Å²) >= 11 is 0. The minimum atomic E-state index is 0.0352. The fourth-order valence-corrected chi connectivity index (χ4v) is 3.26. The van der Waals surface area contributed by atoms with E-state index in [1.54, 1.807) is 0 Å². The Hall–Kier alpha value is -3.09. The van der Waals surface area contributed by atoms with Gasteiger partial charge in [0.1, 0.15) is 11.5 Å². The van der Waals surface area contributed by atoms with Gasteiger partial charge in [0.25, 0.3) is 5.91 Å². The second-order valence-electron chi connectivity index (χ2n) is 6.45. The molecule has 7 nitrogen and oxygen atoms in total. The molecule has 1 saturated heterocycles. The van der Waals surface area contributed by atoms with Crippen molar-refractivity contribution in [3.8, 4) is 5.82 Å². The van der Waals surface area contributed by atoms with Crippen LogP contribution in [0.25, 0.3) is 5.82 Å². The maximum Gasteiger partial charge on any atom is 0.257 e. The summed E-state index contributed by atoms with van der Waals surface area (Å²) in [7, 11) is 0. The van der Waals surface area contributed by atoms with Crippen LogP contribution in [-0.2, 0) is 0 Å². The van der Waals surface area contributed by atoms with Gasteiger partial charge in [-0.25, -0.2) is 0 Å². The maximum atomic E-state index is 12.7. The Kier molecular flexibility index (Phi) is 4.20. The normalized spacial score (nSPS) is 14.7. The van der Waals surface area contributed by atoms with E-state index in [2.05, 4.69) is 15.1 Å². The number of carbonyl (C=O) groups excluding carboxylic acids is 1. The number of nitrogens with zero attached hydrogens (tertiary/aromatic N) is 5. The Bertz CT molecular complexity index is 891. The van der Waals surface area contributed by atoms with Crippen molar-refractivity contribution >= 4 is 11.7 Å². The van der Waals surface area contributed by atoms with Crippen LogP contribution in [0.15, 0.2) is 47.1 Å². The number of hydrogen-bond acceptors (Lipinski definition) is 5. The average molecular weight is 351 g/mol. The van der Waals surface area contributed by atoms with Gasteiger partial charge in [-0.1, -0.05) is 0 Å². The Balaban J connectivity index is 1.40. The quantitative estimate of drug-likeness (QED) is 0.725. The van der Waals surface area contributed by atoms with Crippen LogP contribution in [-0.4, -0.2) is 51.8 Å². The van der Waals surface area contributed by atoms with Crippen LogP contribution >= 0.6 is 0 Å². The highest BCUT2D eigenvalue weighted by atomic mass is 16.3. The van der Waals surface area contributed by atoms with Gasteiger partial charge in [-0.15, -0.1) is 10.2 Å². The molecule has 0 spiro atoms. The summed E-state index contributed by atoms with van der Waals surface area (Å²) in [6.45, 7) is 6.47. The Morgan fingerprint density at radius 3 is 2.23 bits per heavy atom. The van der Waals surface area contributed by atoms with Crippen molar-refractivity contribution in [1.82, 2.24) is 19.7 Å². The monoisotopic (exact) mass is 351 g/mol. The molecule has 0 radical (unpaired) electrons. The number of piperazine rings is 1. The van der Waals surface area contributed by atoms with E-state index < -0.39 is 0 Å². The molecule has 26 heavy (non-hydrogen) atoms. The lowest BCUT2D eigenvalue weighted by atomic mass is 10.2. The molecule has 0 saturated carbocycles. The molecule has 1 aliphatic heterocycles. The molecule has 0 aromatic carbocycles. The standard InChI is InChI=1S/C19H21N5O2/c1-14-13-16(15(2)26-14)19(25)24-11-9-23(10-12-24)18-6-5-17(20-21-18)22-7-3-4-8-22/h3-8,13H,9-12H2,1-2H3. The highest BCUT2D eigenvalue weighted by Gasteiger charge is 2.25. The summed E-state index contributed by atoms with van der Waals surface area (Å²) in [5.41, 5.74) is 0.659. The van der Waals surface area contributed by atoms with Crippen LogP contribution in [0.1, 0.15) is 21.9 Å². The molecule has 7 heteroatoms. The zero-order valence-corrected chi connectivity index (χ0v) is 14.9. The Morgan fingerprint density at radius 2 is 1.65 bits per heavy atom. The molecule has 3 aromatic rings. The van der Waals surface area contributed by atoms with Gasteiger partial charge in [0, 0.05) is 38.6 Å². The van der Waals surface area contributed by atoms with E-state index in [1.165, 1.54) is 0 Å². The lowest BCUT2D eigenvalue weighted by molar-refractivity contribution is 0.0744. The van der Waals surface area contributed by atoms with Crippen molar-refractivity contribution in [3.63, 3.8) is 0 Å². The van der Waals surface area contributed by atoms with E-state index in [1.807, 2.05) is 66.0 Å². The Labute approximate surface area is 151 Å². The predicted octanol–water partition coefficient (Wildman–Crippen LogP) is 2.44. The number of rotatable bonds is 3. The molecule has 1 fully saturated rings. The van der Waals surface area contributed by atoms with Crippen molar-refractivity contribution < 1.29 is 9.21 Å². The smallest absolute Gasteiger partial charge is 0.257 e. The van der Waals surface area contributed by atoms with Gasteiger partial charge in [0.2, 0.25) is 0 Å². The number of carbonyl (C=O) groups is 1. The van der Waals surface area contributed by atoms with Crippen molar-refractivity contribution in [2.45, 2.75) is 13.8 Å². The zero-order chi connectivity index (χ0) is 18.1. The lowest BCUT2D eigenvalue weighted by Gasteiger charge is -2.35. The summed E-state index contributed by atoms with van der Waals surface area (Å²) < 4.78 is 7.40. The van der Waals surface area contributed by atoms with Crippen LogP contribution in [0.2, 0.25) is 0 Å². The number of anilines is 1. The van der Waals surface area contributed by atoms with Crippen molar-refractivity contribution in [2.75, 3.05) is 31.1 Å². The van der Waals surface area contributed by atoms with Gasteiger partial charge in [0.15, 0.2) is 11.6 Å². The minimum absolute atomic E-state index is 0.0352. The molecule has 1 amide bonds. The summed E-state index contributed by atoms with van der Waals surface area (Å²) in [5.74, 6) is 3.11. The first kappa shape index (κ1) is 16.4. The van der Waals surface area contributed by atoms with E-state index >= 15 is 0 Å². The van der Waals surface area contributed by atoms with E-state index in [0.717, 1.165) is 30.5 Å². The SMILES string of the molecule is Cc1cc(C(=O)N2CCN(c3ccc(-n4cccc4)nn3)CC2)c(C)o1. The van der Waals surface area contributed by atoms with Crippen LogP contribution in [0, 0.1) is 13.8 Å².